The lowest BCUT2D eigenvalue weighted by Crippen LogP contribution is -2.16. The van der Waals surface area contributed by atoms with Crippen LogP contribution in [0.15, 0.2) is 24.3 Å². The number of benzene rings is 1. The lowest BCUT2D eigenvalue weighted by molar-refractivity contribution is 0.240. The van der Waals surface area contributed by atoms with Gasteiger partial charge in [0.2, 0.25) is 0 Å². The molecule has 84 valence electrons. The summed E-state index contributed by atoms with van der Waals surface area (Å²) in [5.41, 5.74) is 0.970. The number of hydrogen-bond acceptors (Lipinski definition) is 1. The molecule has 0 saturated heterocycles. The Bertz CT molecular complexity index is 323. The molecular weight excluding hydrogens is 271 g/mol. The first-order valence-electron chi connectivity index (χ1n) is 4.70. The van der Waals surface area contributed by atoms with Crippen molar-refractivity contribution in [2.45, 2.75) is 26.0 Å². The molecule has 0 aliphatic heterocycles. The van der Waals surface area contributed by atoms with Gasteiger partial charge in [-0.3, -0.25) is 0 Å². The minimum Gasteiger partial charge on any atom is -0.491 e. The summed E-state index contributed by atoms with van der Waals surface area (Å²) in [6.45, 7) is 3.95. The quantitative estimate of drug-likeness (QED) is 0.594. The van der Waals surface area contributed by atoms with Crippen molar-refractivity contribution in [3.63, 3.8) is 0 Å². The second-order valence-electron chi connectivity index (χ2n) is 3.57. The Labute approximate surface area is 105 Å². The van der Waals surface area contributed by atoms with E-state index in [1.165, 1.54) is 0 Å². The van der Waals surface area contributed by atoms with Crippen LogP contribution in [0.3, 0.4) is 0 Å². The molecule has 0 aliphatic carbocycles. The van der Waals surface area contributed by atoms with E-state index in [0.29, 0.717) is 6.04 Å². The zero-order valence-corrected chi connectivity index (χ0v) is 11.9. The third-order valence-electron chi connectivity index (χ3n) is 1.73. The van der Waals surface area contributed by atoms with Gasteiger partial charge in [-0.1, -0.05) is 18.2 Å². The first-order valence-corrected chi connectivity index (χ1v) is 9.94. The van der Waals surface area contributed by atoms with Crippen LogP contribution in [-0.4, -0.2) is 12.1 Å². The van der Waals surface area contributed by atoms with Gasteiger partial charge >= 0.3 is 6.00 Å². The molecule has 0 atom stereocenters. The Hall–Kier alpha value is 0.107. The summed E-state index contributed by atoms with van der Waals surface area (Å²) in [6, 6.07) is 5.52. The van der Waals surface area contributed by atoms with Crippen LogP contribution in [0.4, 0.5) is 0 Å². The molecule has 0 bridgehead atoms. The maximum atomic E-state index is 5.89. The lowest BCUT2D eigenvalue weighted by Gasteiger charge is -2.15. The van der Waals surface area contributed by atoms with Gasteiger partial charge in [-0.2, -0.15) is 0 Å². The molecular formula is C10H13Cl3OSi. The summed E-state index contributed by atoms with van der Waals surface area (Å²) in [5.74, 6) is 0.811. The Morgan fingerprint density at radius 1 is 1.20 bits per heavy atom. The third kappa shape index (κ3) is 5.11. The molecule has 0 aromatic heterocycles. The minimum absolute atomic E-state index is 0.128. The standard InChI is InChI=1S/C10H13Cl3OSi/c1-8(2)14-10-6-4-3-5-9(10)7-15(11,12)13/h3-6,8H,7H2,1-2H3. The molecule has 0 unspecified atom stereocenters. The number of para-hydroxylation sites is 1. The second-order valence-corrected chi connectivity index (χ2v) is 12.7. The maximum absolute atomic E-state index is 5.89. The number of halogens is 3. The van der Waals surface area contributed by atoms with Crippen molar-refractivity contribution >= 4 is 39.2 Å². The van der Waals surface area contributed by atoms with Crippen molar-refractivity contribution in [3.05, 3.63) is 29.8 Å². The summed E-state index contributed by atoms with van der Waals surface area (Å²) >= 11 is 17.7. The van der Waals surface area contributed by atoms with Crippen molar-refractivity contribution in [1.82, 2.24) is 0 Å². The molecule has 0 N–H and O–H groups in total. The maximum Gasteiger partial charge on any atom is 0.345 e. The third-order valence-corrected chi connectivity index (χ3v) is 3.71. The van der Waals surface area contributed by atoms with Crippen molar-refractivity contribution in [3.8, 4) is 5.75 Å². The van der Waals surface area contributed by atoms with E-state index in [-0.39, 0.29) is 6.10 Å². The van der Waals surface area contributed by atoms with Gasteiger partial charge in [-0.15, -0.1) is 33.2 Å². The molecule has 1 aromatic rings. The Balaban J connectivity index is 2.86. The summed E-state index contributed by atoms with van der Waals surface area (Å²) in [4.78, 5) is 0. The molecule has 0 spiro atoms. The number of rotatable bonds is 4. The van der Waals surface area contributed by atoms with Gasteiger partial charge < -0.3 is 4.74 Å². The highest BCUT2D eigenvalue weighted by Crippen LogP contribution is 2.29. The molecule has 0 fully saturated rings. The van der Waals surface area contributed by atoms with E-state index in [1.54, 1.807) is 0 Å². The van der Waals surface area contributed by atoms with Crippen molar-refractivity contribution in [1.29, 1.82) is 0 Å². The SMILES string of the molecule is CC(C)Oc1ccccc1C[Si](Cl)(Cl)Cl. The summed E-state index contributed by atoms with van der Waals surface area (Å²) in [7, 11) is 0. The van der Waals surface area contributed by atoms with Gasteiger partial charge in [0.25, 0.3) is 0 Å². The number of ether oxygens (including phenoxy) is 1. The molecule has 0 amide bonds. The normalized spacial score (nSPS) is 11.9. The summed E-state index contributed by atoms with van der Waals surface area (Å²) in [5, 5.41) is 0. The first-order chi connectivity index (χ1) is 6.88. The van der Waals surface area contributed by atoms with Crippen LogP contribution in [0.25, 0.3) is 0 Å². The van der Waals surface area contributed by atoms with Crippen molar-refractivity contribution in [2.24, 2.45) is 0 Å². The molecule has 0 saturated carbocycles. The molecule has 1 rings (SSSR count). The van der Waals surface area contributed by atoms with Gasteiger partial charge in [0, 0.05) is 6.04 Å². The monoisotopic (exact) mass is 282 g/mol. The van der Waals surface area contributed by atoms with Crippen LogP contribution >= 0.6 is 33.2 Å². The van der Waals surface area contributed by atoms with E-state index in [9.17, 15) is 0 Å². The average Bonchev–Trinajstić information content (AvgIpc) is 2.05. The highest BCUT2D eigenvalue weighted by Gasteiger charge is 2.26. The second kappa shape index (κ2) is 5.44. The van der Waals surface area contributed by atoms with E-state index in [4.69, 9.17) is 38.0 Å². The fourth-order valence-electron chi connectivity index (χ4n) is 1.23. The van der Waals surface area contributed by atoms with Crippen LogP contribution in [0, 0.1) is 0 Å². The lowest BCUT2D eigenvalue weighted by atomic mass is 10.2. The molecule has 1 nitrogen and oxygen atoms in total. The summed E-state index contributed by atoms with van der Waals surface area (Å²) < 4.78 is 5.64. The van der Waals surface area contributed by atoms with Gasteiger partial charge in [-0.05, 0) is 25.5 Å². The van der Waals surface area contributed by atoms with Gasteiger partial charge in [0.05, 0.1) is 6.10 Å². The summed E-state index contributed by atoms with van der Waals surface area (Å²) in [6.07, 6.45) is 0.128. The van der Waals surface area contributed by atoms with E-state index >= 15 is 0 Å². The molecule has 15 heavy (non-hydrogen) atoms. The number of hydrogen-bond donors (Lipinski definition) is 0. The van der Waals surface area contributed by atoms with E-state index < -0.39 is 6.00 Å². The molecule has 0 heterocycles. The van der Waals surface area contributed by atoms with Crippen LogP contribution in [-0.2, 0) is 6.04 Å². The zero-order chi connectivity index (χ0) is 11.5. The highest BCUT2D eigenvalue weighted by atomic mass is 35.8. The van der Waals surface area contributed by atoms with Gasteiger partial charge in [0.15, 0.2) is 0 Å². The van der Waals surface area contributed by atoms with Gasteiger partial charge in [0.1, 0.15) is 5.75 Å². The first kappa shape index (κ1) is 13.2. The minimum atomic E-state index is -2.64. The average molecular weight is 284 g/mol. The Kier molecular flexibility index (Phi) is 4.78. The van der Waals surface area contributed by atoms with Crippen LogP contribution < -0.4 is 4.74 Å². The Morgan fingerprint density at radius 3 is 2.33 bits per heavy atom. The molecule has 0 radical (unpaired) electrons. The van der Waals surface area contributed by atoms with Crippen molar-refractivity contribution in [2.75, 3.05) is 0 Å². The van der Waals surface area contributed by atoms with Crippen LogP contribution in [0.5, 0.6) is 5.75 Å². The largest absolute Gasteiger partial charge is 0.491 e. The zero-order valence-electron chi connectivity index (χ0n) is 8.64. The topological polar surface area (TPSA) is 9.23 Å². The highest BCUT2D eigenvalue weighted by molar-refractivity contribution is 7.64. The van der Waals surface area contributed by atoms with E-state index in [2.05, 4.69) is 0 Å². The predicted molar refractivity (Wildman–Crippen MR) is 69.2 cm³/mol. The fraction of sp³-hybridized carbons (Fsp3) is 0.400. The van der Waals surface area contributed by atoms with E-state index in [0.717, 1.165) is 11.3 Å². The van der Waals surface area contributed by atoms with Gasteiger partial charge in [-0.25, -0.2) is 0 Å². The molecule has 5 heteroatoms. The fourth-order valence-corrected chi connectivity index (χ4v) is 3.25. The Morgan fingerprint density at radius 2 is 1.80 bits per heavy atom. The van der Waals surface area contributed by atoms with Crippen LogP contribution in [0.2, 0.25) is 0 Å². The van der Waals surface area contributed by atoms with Crippen molar-refractivity contribution < 1.29 is 4.74 Å². The smallest absolute Gasteiger partial charge is 0.345 e. The van der Waals surface area contributed by atoms with Crippen LogP contribution in [0.1, 0.15) is 19.4 Å². The predicted octanol–water partition coefficient (Wildman–Crippen LogP) is 4.21. The van der Waals surface area contributed by atoms with E-state index in [1.807, 2.05) is 38.1 Å². The molecule has 1 aromatic carbocycles. The molecule has 0 aliphatic rings.